The standard InChI is InChI=1S/C46H28N2/c1-2-14-31(15-3-1)46-39-26-22-29-12-4-6-16-33(29)44(39)38-25-23-32(28-42(38)48-46)43-34-17-7-9-19-36(34)45(37-20-10-8-18-35(37)43)41-27-24-30-13-5-11-21-40(30)47-41/h1-28H. The van der Waals surface area contributed by atoms with E-state index in [2.05, 4.69) is 170 Å². The Morgan fingerprint density at radius 2 is 0.896 bits per heavy atom. The smallest absolute Gasteiger partial charge is 0.0788 e. The Morgan fingerprint density at radius 3 is 1.65 bits per heavy atom. The number of nitrogens with zero attached hydrogens (tertiary/aromatic N) is 2. The zero-order chi connectivity index (χ0) is 31.6. The molecule has 0 amide bonds. The molecule has 0 bridgehead atoms. The summed E-state index contributed by atoms with van der Waals surface area (Å²) < 4.78 is 0. The average Bonchev–Trinajstić information content (AvgIpc) is 3.16. The second-order valence-corrected chi connectivity index (χ2v) is 12.5. The molecule has 0 saturated heterocycles. The first-order valence-electron chi connectivity index (χ1n) is 16.4. The largest absolute Gasteiger partial charge is 0.248 e. The summed E-state index contributed by atoms with van der Waals surface area (Å²) >= 11 is 0. The van der Waals surface area contributed by atoms with Crippen LogP contribution < -0.4 is 0 Å². The zero-order valence-corrected chi connectivity index (χ0v) is 26.1. The summed E-state index contributed by atoms with van der Waals surface area (Å²) in [4.78, 5) is 10.6. The van der Waals surface area contributed by atoms with Gasteiger partial charge in [0.25, 0.3) is 0 Å². The molecule has 0 aliphatic rings. The van der Waals surface area contributed by atoms with Gasteiger partial charge in [0, 0.05) is 32.7 Å². The molecule has 0 unspecified atom stereocenters. The Hall–Kier alpha value is -6.38. The first-order chi connectivity index (χ1) is 23.8. The van der Waals surface area contributed by atoms with Crippen molar-refractivity contribution in [3.05, 3.63) is 170 Å². The van der Waals surface area contributed by atoms with Crippen LogP contribution in [0.25, 0.3) is 98.5 Å². The zero-order valence-electron chi connectivity index (χ0n) is 26.1. The minimum absolute atomic E-state index is 0.985. The number of hydrogen-bond acceptors (Lipinski definition) is 2. The molecule has 0 fully saturated rings. The molecule has 0 aliphatic heterocycles. The number of para-hydroxylation sites is 1. The van der Waals surface area contributed by atoms with E-state index in [1.165, 1.54) is 54.2 Å². The molecule has 2 heteroatoms. The maximum absolute atomic E-state index is 5.41. The highest BCUT2D eigenvalue weighted by Crippen LogP contribution is 2.45. The maximum atomic E-state index is 5.41. The van der Waals surface area contributed by atoms with Crippen LogP contribution in [0.3, 0.4) is 0 Å². The van der Waals surface area contributed by atoms with Gasteiger partial charge in [0.2, 0.25) is 0 Å². The maximum Gasteiger partial charge on any atom is 0.0788 e. The van der Waals surface area contributed by atoms with E-state index in [0.29, 0.717) is 0 Å². The molecule has 222 valence electrons. The summed E-state index contributed by atoms with van der Waals surface area (Å²) in [6.45, 7) is 0. The monoisotopic (exact) mass is 608 g/mol. The topological polar surface area (TPSA) is 25.8 Å². The van der Waals surface area contributed by atoms with Crippen LogP contribution in [0.1, 0.15) is 0 Å². The van der Waals surface area contributed by atoms with Gasteiger partial charge in [-0.15, -0.1) is 0 Å². The van der Waals surface area contributed by atoms with Crippen molar-refractivity contribution in [2.45, 2.75) is 0 Å². The fourth-order valence-electron chi connectivity index (χ4n) is 7.67. The molecule has 0 aliphatic carbocycles. The summed E-state index contributed by atoms with van der Waals surface area (Å²) in [5.74, 6) is 0. The molecule has 10 rings (SSSR count). The normalized spacial score (nSPS) is 11.8. The Bertz CT molecular complexity index is 2830. The van der Waals surface area contributed by atoms with Gasteiger partial charge < -0.3 is 0 Å². The highest BCUT2D eigenvalue weighted by molar-refractivity contribution is 6.24. The summed E-state index contributed by atoms with van der Waals surface area (Å²) in [5.41, 5.74) is 8.64. The molecule has 0 saturated carbocycles. The summed E-state index contributed by atoms with van der Waals surface area (Å²) in [6, 6.07) is 60.8. The van der Waals surface area contributed by atoms with E-state index in [4.69, 9.17) is 9.97 Å². The SMILES string of the molecule is c1ccc(-c2nc3cc(-c4c5ccccc5c(-c5ccc6ccccc6n5)c5ccccc45)ccc3c3c2ccc2ccccc23)cc1. The van der Waals surface area contributed by atoms with Gasteiger partial charge in [-0.25, -0.2) is 9.97 Å². The minimum atomic E-state index is 0.985. The van der Waals surface area contributed by atoms with Crippen LogP contribution >= 0.6 is 0 Å². The van der Waals surface area contributed by atoms with Crippen molar-refractivity contribution in [1.82, 2.24) is 9.97 Å². The van der Waals surface area contributed by atoms with Crippen LogP contribution in [0.15, 0.2) is 170 Å². The first kappa shape index (κ1) is 26.8. The molecular formula is C46H28N2. The van der Waals surface area contributed by atoms with Crippen LogP contribution in [0.2, 0.25) is 0 Å². The number of aromatic nitrogens is 2. The van der Waals surface area contributed by atoms with Gasteiger partial charge >= 0.3 is 0 Å². The van der Waals surface area contributed by atoms with Crippen molar-refractivity contribution in [1.29, 1.82) is 0 Å². The van der Waals surface area contributed by atoms with Crippen molar-refractivity contribution < 1.29 is 0 Å². The predicted octanol–water partition coefficient (Wildman–Crippen LogP) is 12.4. The van der Waals surface area contributed by atoms with Crippen molar-refractivity contribution >= 4 is 64.9 Å². The summed E-state index contributed by atoms with van der Waals surface area (Å²) in [6.07, 6.45) is 0. The number of hydrogen-bond donors (Lipinski definition) is 0. The molecule has 0 spiro atoms. The average molecular weight is 609 g/mol. The molecular weight excluding hydrogens is 581 g/mol. The van der Waals surface area contributed by atoms with Crippen LogP contribution in [0.5, 0.6) is 0 Å². The highest BCUT2D eigenvalue weighted by Gasteiger charge is 2.19. The third-order valence-electron chi connectivity index (χ3n) is 9.81. The van der Waals surface area contributed by atoms with Crippen LogP contribution in [0.4, 0.5) is 0 Å². The molecule has 2 aromatic heterocycles. The van der Waals surface area contributed by atoms with Gasteiger partial charge in [-0.1, -0.05) is 152 Å². The number of rotatable bonds is 3. The molecule has 2 nitrogen and oxygen atoms in total. The minimum Gasteiger partial charge on any atom is -0.248 e. The van der Waals surface area contributed by atoms with E-state index in [9.17, 15) is 0 Å². The van der Waals surface area contributed by atoms with Gasteiger partial charge in [-0.2, -0.15) is 0 Å². The highest BCUT2D eigenvalue weighted by atomic mass is 14.7. The molecule has 0 N–H and O–H groups in total. The Balaban J connectivity index is 1.29. The Labute approximate surface area is 277 Å². The second kappa shape index (κ2) is 10.6. The van der Waals surface area contributed by atoms with E-state index < -0.39 is 0 Å². The van der Waals surface area contributed by atoms with Crippen molar-refractivity contribution in [2.24, 2.45) is 0 Å². The number of fused-ring (bicyclic) bond motifs is 8. The van der Waals surface area contributed by atoms with E-state index in [0.717, 1.165) is 44.3 Å². The molecule has 10 aromatic rings. The molecule has 8 aromatic carbocycles. The number of benzene rings is 8. The van der Waals surface area contributed by atoms with Crippen LogP contribution in [0, 0.1) is 0 Å². The van der Waals surface area contributed by atoms with Crippen molar-refractivity contribution in [3.8, 4) is 33.6 Å². The van der Waals surface area contributed by atoms with Gasteiger partial charge in [-0.3, -0.25) is 0 Å². The van der Waals surface area contributed by atoms with Crippen LogP contribution in [-0.4, -0.2) is 9.97 Å². The van der Waals surface area contributed by atoms with Gasteiger partial charge in [0.05, 0.1) is 22.4 Å². The first-order valence-corrected chi connectivity index (χ1v) is 16.4. The second-order valence-electron chi connectivity index (χ2n) is 12.5. The van der Waals surface area contributed by atoms with E-state index in [-0.39, 0.29) is 0 Å². The fraction of sp³-hybridized carbons (Fsp3) is 0. The van der Waals surface area contributed by atoms with E-state index in [1.807, 2.05) is 0 Å². The fourth-order valence-corrected chi connectivity index (χ4v) is 7.67. The third kappa shape index (κ3) is 4.06. The quantitative estimate of drug-likeness (QED) is 0.147. The summed E-state index contributed by atoms with van der Waals surface area (Å²) in [7, 11) is 0. The van der Waals surface area contributed by atoms with Gasteiger partial charge in [-0.05, 0) is 61.6 Å². The Kier molecular flexibility index (Phi) is 5.91. The van der Waals surface area contributed by atoms with Gasteiger partial charge in [0.15, 0.2) is 0 Å². The third-order valence-corrected chi connectivity index (χ3v) is 9.81. The van der Waals surface area contributed by atoms with Crippen molar-refractivity contribution in [2.75, 3.05) is 0 Å². The van der Waals surface area contributed by atoms with E-state index in [1.54, 1.807) is 0 Å². The lowest BCUT2D eigenvalue weighted by atomic mass is 9.86. The van der Waals surface area contributed by atoms with Gasteiger partial charge in [0.1, 0.15) is 0 Å². The Morgan fingerprint density at radius 1 is 0.312 bits per heavy atom. The lowest BCUT2D eigenvalue weighted by Crippen LogP contribution is -1.94. The summed E-state index contributed by atoms with van der Waals surface area (Å²) in [5, 5.41) is 12.0. The van der Waals surface area contributed by atoms with Crippen molar-refractivity contribution in [3.63, 3.8) is 0 Å². The lowest BCUT2D eigenvalue weighted by Gasteiger charge is -2.18. The van der Waals surface area contributed by atoms with E-state index >= 15 is 0 Å². The molecule has 0 radical (unpaired) electrons. The molecule has 0 atom stereocenters. The predicted molar refractivity (Wildman–Crippen MR) is 203 cm³/mol. The molecule has 48 heavy (non-hydrogen) atoms. The number of pyridine rings is 2. The lowest BCUT2D eigenvalue weighted by molar-refractivity contribution is 1.42. The van der Waals surface area contributed by atoms with Crippen LogP contribution in [-0.2, 0) is 0 Å². The molecule has 2 heterocycles.